The van der Waals surface area contributed by atoms with Crippen LogP contribution in [0.25, 0.3) is 0 Å². The van der Waals surface area contributed by atoms with E-state index in [2.05, 4.69) is 5.32 Å². The molecule has 6 heteroatoms. The van der Waals surface area contributed by atoms with Crippen LogP contribution in [0.5, 0.6) is 0 Å². The Bertz CT molecular complexity index is 978. The van der Waals surface area contributed by atoms with E-state index in [-0.39, 0.29) is 11.1 Å². The highest BCUT2D eigenvalue weighted by atomic mass is 35.5. The Balaban J connectivity index is 2.01. The molecule has 0 bridgehead atoms. The molecule has 3 atom stereocenters. The van der Waals surface area contributed by atoms with Gasteiger partial charge in [-0.15, -0.1) is 11.6 Å². The van der Waals surface area contributed by atoms with E-state index in [4.69, 9.17) is 11.6 Å². The van der Waals surface area contributed by atoms with Gasteiger partial charge in [0.25, 0.3) is 0 Å². The van der Waals surface area contributed by atoms with E-state index in [9.17, 15) is 19.2 Å². The molecule has 28 heavy (non-hydrogen) atoms. The first-order valence-electron chi connectivity index (χ1n) is 8.93. The van der Waals surface area contributed by atoms with Gasteiger partial charge in [-0.05, 0) is 31.9 Å². The van der Waals surface area contributed by atoms with Crippen molar-refractivity contribution in [2.24, 2.45) is 11.8 Å². The first kappa shape index (κ1) is 20.0. The minimum atomic E-state index is -1.36. The molecule has 0 radical (unpaired) electrons. The third-order valence-corrected chi connectivity index (χ3v) is 5.61. The van der Waals surface area contributed by atoms with Crippen molar-refractivity contribution < 1.29 is 19.2 Å². The number of aryl methyl sites for hydroxylation is 2. The second-order valence-corrected chi connectivity index (χ2v) is 7.52. The lowest BCUT2D eigenvalue weighted by Gasteiger charge is -2.31. The van der Waals surface area contributed by atoms with Gasteiger partial charge in [0.05, 0.1) is 5.92 Å². The Morgan fingerprint density at radius 2 is 1.46 bits per heavy atom. The predicted molar refractivity (Wildman–Crippen MR) is 107 cm³/mol. The molecular weight excluding hydrogens is 378 g/mol. The number of ketones is 3. The van der Waals surface area contributed by atoms with Crippen molar-refractivity contribution >= 4 is 40.5 Å². The fraction of sp³-hybridized carbons (Fsp3) is 0.273. The van der Waals surface area contributed by atoms with E-state index in [0.717, 1.165) is 11.1 Å². The molecule has 1 N–H and O–H groups in total. The van der Waals surface area contributed by atoms with Crippen LogP contribution in [-0.2, 0) is 9.59 Å². The van der Waals surface area contributed by atoms with Crippen LogP contribution in [0, 0.1) is 25.7 Å². The molecule has 0 aliphatic heterocycles. The Morgan fingerprint density at radius 1 is 0.929 bits per heavy atom. The van der Waals surface area contributed by atoms with Crippen molar-refractivity contribution in [3.05, 3.63) is 64.7 Å². The molecule has 0 unspecified atom stereocenters. The predicted octanol–water partition coefficient (Wildman–Crippen LogP) is 3.75. The lowest BCUT2D eigenvalue weighted by molar-refractivity contribution is -0.131. The fourth-order valence-electron chi connectivity index (χ4n) is 3.67. The summed E-state index contributed by atoms with van der Waals surface area (Å²) in [6.45, 7) is 4.90. The summed E-state index contributed by atoms with van der Waals surface area (Å²) in [6.07, 6.45) is 0. The van der Waals surface area contributed by atoms with Crippen molar-refractivity contribution in [1.82, 2.24) is 0 Å². The normalized spacial score (nSPS) is 19.7. The zero-order valence-electron chi connectivity index (χ0n) is 15.8. The SMILES string of the molecule is CC(=O)[C@H](C(=O)Nc1c(C)cccc1C)[C@@H]1C(=O)c2ccccc2C(=O)[C@H]1Cl. The first-order valence-corrected chi connectivity index (χ1v) is 9.36. The maximum atomic E-state index is 13.0. The molecule has 144 valence electrons. The standard InChI is InChI=1S/C22H20ClNO4/c1-11-7-6-8-12(2)19(11)24-22(28)16(13(3)25)17-18(23)21(27)15-10-5-4-9-14(15)20(17)26/h4-10,16-18H,1-3H3,(H,24,28)/t16-,17-,18-/m0/s1. The second-order valence-electron chi connectivity index (χ2n) is 7.05. The van der Waals surface area contributed by atoms with Gasteiger partial charge < -0.3 is 5.32 Å². The van der Waals surface area contributed by atoms with Gasteiger partial charge >= 0.3 is 0 Å². The molecular formula is C22H20ClNO4. The van der Waals surface area contributed by atoms with E-state index >= 15 is 0 Å². The van der Waals surface area contributed by atoms with E-state index in [0.29, 0.717) is 5.69 Å². The third kappa shape index (κ3) is 3.38. The molecule has 0 aromatic heterocycles. The van der Waals surface area contributed by atoms with E-state index < -0.39 is 40.5 Å². The number of para-hydroxylation sites is 1. The van der Waals surface area contributed by atoms with Crippen LogP contribution >= 0.6 is 11.6 Å². The summed E-state index contributed by atoms with van der Waals surface area (Å²) in [5.41, 5.74) is 2.66. The summed E-state index contributed by atoms with van der Waals surface area (Å²) in [7, 11) is 0. The second kappa shape index (κ2) is 7.68. The van der Waals surface area contributed by atoms with Gasteiger partial charge in [0.15, 0.2) is 11.6 Å². The van der Waals surface area contributed by atoms with Gasteiger partial charge in [-0.25, -0.2) is 0 Å². The summed E-state index contributed by atoms with van der Waals surface area (Å²) in [5, 5.41) is 1.48. The first-order chi connectivity index (χ1) is 13.2. The molecule has 5 nitrogen and oxygen atoms in total. The number of anilines is 1. The molecule has 0 saturated carbocycles. The highest BCUT2D eigenvalue weighted by Crippen LogP contribution is 2.35. The maximum Gasteiger partial charge on any atom is 0.235 e. The van der Waals surface area contributed by atoms with Crippen LogP contribution in [0.2, 0.25) is 0 Å². The summed E-state index contributed by atoms with van der Waals surface area (Å²) < 4.78 is 0. The van der Waals surface area contributed by atoms with Gasteiger partial charge in [-0.1, -0.05) is 42.5 Å². The quantitative estimate of drug-likeness (QED) is 0.629. The number of alkyl halides is 1. The molecule has 0 fully saturated rings. The number of carbonyl (C=O) groups is 4. The maximum absolute atomic E-state index is 13.0. The topological polar surface area (TPSA) is 80.3 Å². The van der Waals surface area contributed by atoms with Crippen molar-refractivity contribution in [2.45, 2.75) is 26.1 Å². The Morgan fingerprint density at radius 3 is 2.00 bits per heavy atom. The molecule has 0 saturated heterocycles. The number of benzene rings is 2. The van der Waals surface area contributed by atoms with Crippen LogP contribution in [-0.4, -0.2) is 28.6 Å². The van der Waals surface area contributed by atoms with Crippen LogP contribution in [0.4, 0.5) is 5.69 Å². The monoisotopic (exact) mass is 397 g/mol. The average Bonchev–Trinajstić information content (AvgIpc) is 2.66. The molecule has 3 rings (SSSR count). The number of carbonyl (C=O) groups excluding carboxylic acids is 4. The molecule has 2 aromatic carbocycles. The smallest absolute Gasteiger partial charge is 0.235 e. The largest absolute Gasteiger partial charge is 0.325 e. The summed E-state index contributed by atoms with van der Waals surface area (Å²) in [4.78, 5) is 51.1. The van der Waals surface area contributed by atoms with Gasteiger partial charge in [0.2, 0.25) is 5.91 Å². The highest BCUT2D eigenvalue weighted by molar-refractivity contribution is 6.39. The van der Waals surface area contributed by atoms with Crippen LogP contribution in [0.3, 0.4) is 0 Å². The van der Waals surface area contributed by atoms with Crippen LogP contribution in [0.15, 0.2) is 42.5 Å². The summed E-state index contributed by atoms with van der Waals surface area (Å²) >= 11 is 6.30. The van der Waals surface area contributed by atoms with Gasteiger partial charge in [0, 0.05) is 16.8 Å². The molecule has 1 aliphatic rings. The van der Waals surface area contributed by atoms with E-state index in [1.807, 2.05) is 32.0 Å². The van der Waals surface area contributed by atoms with Crippen molar-refractivity contribution in [1.29, 1.82) is 0 Å². The number of amides is 1. The molecule has 0 spiro atoms. The summed E-state index contributed by atoms with van der Waals surface area (Å²) in [5.74, 6) is -4.67. The average molecular weight is 398 g/mol. The molecule has 0 heterocycles. The zero-order chi connectivity index (χ0) is 20.6. The Hall–Kier alpha value is -2.79. The molecule has 2 aromatic rings. The minimum Gasteiger partial charge on any atom is -0.325 e. The van der Waals surface area contributed by atoms with Crippen LogP contribution in [0.1, 0.15) is 38.8 Å². The number of Topliss-reactive ketones (excluding diaryl/α,β-unsaturated/α-hetero) is 3. The van der Waals surface area contributed by atoms with Gasteiger partial charge in [-0.2, -0.15) is 0 Å². The van der Waals surface area contributed by atoms with Crippen molar-refractivity contribution in [3.8, 4) is 0 Å². The zero-order valence-corrected chi connectivity index (χ0v) is 16.5. The van der Waals surface area contributed by atoms with Gasteiger partial charge in [-0.3, -0.25) is 19.2 Å². The summed E-state index contributed by atoms with van der Waals surface area (Å²) in [6, 6.07) is 11.9. The number of halogens is 1. The Labute approximate surface area is 168 Å². The number of hydrogen-bond donors (Lipinski definition) is 1. The number of fused-ring (bicyclic) bond motifs is 1. The highest BCUT2D eigenvalue weighted by Gasteiger charge is 2.48. The third-order valence-electron chi connectivity index (χ3n) is 5.14. The van der Waals surface area contributed by atoms with Crippen LogP contribution < -0.4 is 5.32 Å². The number of hydrogen-bond acceptors (Lipinski definition) is 4. The lowest BCUT2D eigenvalue weighted by atomic mass is 9.73. The minimum absolute atomic E-state index is 0.195. The molecule has 1 amide bonds. The van der Waals surface area contributed by atoms with Crippen molar-refractivity contribution in [3.63, 3.8) is 0 Å². The lowest BCUT2D eigenvalue weighted by Crippen LogP contribution is -2.48. The van der Waals surface area contributed by atoms with E-state index in [1.165, 1.54) is 19.1 Å². The number of nitrogens with one attached hydrogen (secondary N) is 1. The Kier molecular flexibility index (Phi) is 5.47. The molecule has 1 aliphatic carbocycles. The number of rotatable bonds is 4. The van der Waals surface area contributed by atoms with E-state index in [1.54, 1.807) is 12.1 Å². The van der Waals surface area contributed by atoms with Gasteiger partial charge in [0.1, 0.15) is 17.1 Å². The fourth-order valence-corrected chi connectivity index (χ4v) is 4.05. The van der Waals surface area contributed by atoms with Crippen molar-refractivity contribution in [2.75, 3.05) is 5.32 Å².